The third-order valence-corrected chi connectivity index (χ3v) is 4.41. The molecular formula is C13H21N5O. The van der Waals surface area contributed by atoms with E-state index < -0.39 is 0 Å². The minimum atomic E-state index is -0.0870. The van der Waals surface area contributed by atoms with Gasteiger partial charge in [0.1, 0.15) is 6.33 Å². The first-order valence-electron chi connectivity index (χ1n) is 7.15. The number of hydrogen-bond acceptors (Lipinski definition) is 4. The Bertz CT molecular complexity index is 458. The van der Waals surface area contributed by atoms with Crippen molar-refractivity contribution in [1.29, 1.82) is 0 Å². The molecule has 1 aromatic heterocycles. The summed E-state index contributed by atoms with van der Waals surface area (Å²) in [6, 6.07) is 0.439. The minimum absolute atomic E-state index is 0.0140. The quantitative estimate of drug-likeness (QED) is 0.837. The van der Waals surface area contributed by atoms with Crippen molar-refractivity contribution < 1.29 is 4.79 Å². The predicted molar refractivity (Wildman–Crippen MR) is 71.5 cm³/mol. The van der Waals surface area contributed by atoms with Crippen molar-refractivity contribution in [1.82, 2.24) is 20.1 Å². The maximum atomic E-state index is 12.2. The van der Waals surface area contributed by atoms with Crippen LogP contribution in [0.3, 0.4) is 0 Å². The van der Waals surface area contributed by atoms with Crippen molar-refractivity contribution in [2.45, 2.75) is 50.6 Å². The van der Waals surface area contributed by atoms with E-state index in [1.165, 1.54) is 32.0 Å². The molecule has 2 fully saturated rings. The Kier molecular flexibility index (Phi) is 3.50. The molecule has 0 aromatic carbocycles. The zero-order chi connectivity index (χ0) is 13.2. The normalized spacial score (nSPS) is 30.7. The first kappa shape index (κ1) is 12.6. The molecule has 3 unspecified atom stereocenters. The molecule has 1 amide bonds. The highest BCUT2D eigenvalue weighted by Crippen LogP contribution is 2.32. The third kappa shape index (κ3) is 2.63. The second-order valence-electron chi connectivity index (χ2n) is 5.64. The molecule has 1 saturated heterocycles. The number of piperidine rings is 1. The second kappa shape index (κ2) is 5.28. The van der Waals surface area contributed by atoms with Gasteiger partial charge in [0.15, 0.2) is 0 Å². The van der Waals surface area contributed by atoms with E-state index in [9.17, 15) is 4.79 Å². The molecule has 2 aliphatic rings. The predicted octanol–water partition coefficient (Wildman–Crippen LogP) is 1.06. The first-order valence-corrected chi connectivity index (χ1v) is 7.15. The molecule has 6 nitrogen and oxygen atoms in total. The fourth-order valence-electron chi connectivity index (χ4n) is 3.31. The van der Waals surface area contributed by atoms with Crippen molar-refractivity contribution in [3.63, 3.8) is 0 Å². The van der Waals surface area contributed by atoms with Crippen molar-refractivity contribution in [2.75, 3.05) is 5.32 Å². The topological polar surface area (TPSA) is 71.8 Å². The summed E-state index contributed by atoms with van der Waals surface area (Å²) in [7, 11) is 1.77. The molecular weight excluding hydrogens is 242 g/mol. The van der Waals surface area contributed by atoms with Crippen LogP contribution in [-0.4, -0.2) is 32.8 Å². The van der Waals surface area contributed by atoms with Crippen LogP contribution in [0.1, 0.15) is 38.5 Å². The Morgan fingerprint density at radius 2 is 2.21 bits per heavy atom. The molecule has 0 radical (unpaired) electrons. The summed E-state index contributed by atoms with van der Waals surface area (Å²) in [5, 5.41) is 10.3. The third-order valence-electron chi connectivity index (χ3n) is 4.41. The van der Waals surface area contributed by atoms with Crippen molar-refractivity contribution >= 4 is 11.9 Å². The number of carbonyl (C=O) groups is 1. The number of nitrogens with one attached hydrogen (secondary N) is 2. The van der Waals surface area contributed by atoms with Crippen LogP contribution in [0.4, 0.5) is 5.95 Å². The fourth-order valence-corrected chi connectivity index (χ4v) is 3.31. The summed E-state index contributed by atoms with van der Waals surface area (Å²) in [6.45, 7) is 0. The molecule has 1 aromatic rings. The summed E-state index contributed by atoms with van der Waals surface area (Å²) in [6.07, 6.45) is 8.68. The minimum Gasteiger partial charge on any atom is -0.303 e. The lowest BCUT2D eigenvalue weighted by Crippen LogP contribution is -2.53. The standard InChI is InChI=1S/C13H21N5O/c1-18-13(14-8-15-18)17-12(19)11-7-6-9-4-2-3-5-10(9)16-11/h8-11,16H,2-7H2,1H3,(H,14,15,17,19). The second-order valence-corrected chi connectivity index (χ2v) is 5.64. The smallest absolute Gasteiger partial charge is 0.243 e. The van der Waals surface area contributed by atoms with Gasteiger partial charge in [-0.25, -0.2) is 4.68 Å². The molecule has 104 valence electrons. The molecule has 1 saturated carbocycles. The summed E-state index contributed by atoms with van der Waals surface area (Å²) >= 11 is 0. The zero-order valence-corrected chi connectivity index (χ0v) is 11.3. The molecule has 3 atom stereocenters. The lowest BCUT2D eigenvalue weighted by Gasteiger charge is -2.39. The summed E-state index contributed by atoms with van der Waals surface area (Å²) in [4.78, 5) is 16.3. The number of aryl methyl sites for hydroxylation is 1. The van der Waals surface area contributed by atoms with Crippen LogP contribution >= 0.6 is 0 Å². The highest BCUT2D eigenvalue weighted by atomic mass is 16.2. The van der Waals surface area contributed by atoms with Gasteiger partial charge in [-0.15, -0.1) is 0 Å². The van der Waals surface area contributed by atoms with Gasteiger partial charge in [0.25, 0.3) is 0 Å². The van der Waals surface area contributed by atoms with Gasteiger partial charge in [-0.05, 0) is 31.6 Å². The molecule has 3 rings (SSSR count). The number of rotatable bonds is 2. The molecule has 19 heavy (non-hydrogen) atoms. The molecule has 2 heterocycles. The van der Waals surface area contributed by atoms with Gasteiger partial charge in [-0.2, -0.15) is 10.1 Å². The molecule has 6 heteroatoms. The fraction of sp³-hybridized carbons (Fsp3) is 0.769. The maximum Gasteiger partial charge on any atom is 0.243 e. The van der Waals surface area contributed by atoms with Gasteiger partial charge in [0, 0.05) is 13.1 Å². The van der Waals surface area contributed by atoms with Crippen molar-refractivity contribution in [2.24, 2.45) is 13.0 Å². The number of anilines is 1. The van der Waals surface area contributed by atoms with Gasteiger partial charge in [-0.1, -0.05) is 12.8 Å². The lowest BCUT2D eigenvalue weighted by molar-refractivity contribution is -0.119. The van der Waals surface area contributed by atoms with E-state index >= 15 is 0 Å². The van der Waals surface area contributed by atoms with Crippen LogP contribution in [0.25, 0.3) is 0 Å². The molecule has 0 spiro atoms. The van der Waals surface area contributed by atoms with E-state index in [1.807, 2.05) is 0 Å². The summed E-state index contributed by atoms with van der Waals surface area (Å²) in [5.41, 5.74) is 0. The number of fused-ring (bicyclic) bond motifs is 1. The maximum absolute atomic E-state index is 12.2. The highest BCUT2D eigenvalue weighted by molar-refractivity contribution is 5.93. The molecule has 1 aliphatic carbocycles. The van der Waals surface area contributed by atoms with Gasteiger partial charge in [0.05, 0.1) is 6.04 Å². The van der Waals surface area contributed by atoms with E-state index in [0.717, 1.165) is 18.8 Å². The van der Waals surface area contributed by atoms with Gasteiger partial charge < -0.3 is 5.32 Å². The number of aromatic nitrogens is 3. The van der Waals surface area contributed by atoms with Gasteiger partial charge >= 0.3 is 0 Å². The van der Waals surface area contributed by atoms with Crippen LogP contribution in [0.15, 0.2) is 6.33 Å². The summed E-state index contributed by atoms with van der Waals surface area (Å²) < 4.78 is 1.57. The number of amides is 1. The van der Waals surface area contributed by atoms with Crippen LogP contribution in [0.2, 0.25) is 0 Å². The summed E-state index contributed by atoms with van der Waals surface area (Å²) in [5.74, 6) is 1.30. The monoisotopic (exact) mass is 263 g/mol. The van der Waals surface area contributed by atoms with E-state index in [4.69, 9.17) is 0 Å². The van der Waals surface area contributed by atoms with Gasteiger partial charge in [0.2, 0.25) is 11.9 Å². The Hall–Kier alpha value is -1.43. The molecule has 1 aliphatic heterocycles. The largest absolute Gasteiger partial charge is 0.303 e. The van der Waals surface area contributed by atoms with E-state index in [1.54, 1.807) is 11.7 Å². The van der Waals surface area contributed by atoms with Crippen LogP contribution in [-0.2, 0) is 11.8 Å². The first-order chi connectivity index (χ1) is 9.24. The average Bonchev–Trinajstić information content (AvgIpc) is 2.84. The Labute approximate surface area is 113 Å². The van der Waals surface area contributed by atoms with Crippen molar-refractivity contribution in [3.8, 4) is 0 Å². The van der Waals surface area contributed by atoms with Crippen LogP contribution in [0, 0.1) is 5.92 Å². The molecule has 0 bridgehead atoms. The van der Waals surface area contributed by atoms with Crippen molar-refractivity contribution in [3.05, 3.63) is 6.33 Å². The Balaban J connectivity index is 1.60. The Morgan fingerprint density at radius 3 is 3.00 bits per heavy atom. The van der Waals surface area contributed by atoms with Gasteiger partial charge in [-0.3, -0.25) is 10.1 Å². The van der Waals surface area contributed by atoms with E-state index in [-0.39, 0.29) is 11.9 Å². The SMILES string of the molecule is Cn1ncnc1NC(=O)C1CCC2CCCCC2N1. The number of nitrogens with zero attached hydrogens (tertiary/aromatic N) is 3. The number of carbonyl (C=O) groups excluding carboxylic acids is 1. The van der Waals surface area contributed by atoms with Crippen LogP contribution < -0.4 is 10.6 Å². The molecule has 2 N–H and O–H groups in total. The van der Waals surface area contributed by atoms with Crippen LogP contribution in [0.5, 0.6) is 0 Å². The Morgan fingerprint density at radius 1 is 1.37 bits per heavy atom. The zero-order valence-electron chi connectivity index (χ0n) is 11.3. The number of hydrogen-bond donors (Lipinski definition) is 2. The average molecular weight is 263 g/mol. The van der Waals surface area contributed by atoms with E-state index in [0.29, 0.717) is 12.0 Å². The highest BCUT2D eigenvalue weighted by Gasteiger charge is 2.34. The van der Waals surface area contributed by atoms with E-state index in [2.05, 4.69) is 20.7 Å². The lowest BCUT2D eigenvalue weighted by atomic mass is 9.77.